The maximum atomic E-state index is 12.2. The normalized spacial score (nSPS) is 12.0. The van der Waals surface area contributed by atoms with Crippen molar-refractivity contribution in [2.45, 2.75) is 27.3 Å². The van der Waals surface area contributed by atoms with E-state index >= 15 is 0 Å². The molecule has 23 heavy (non-hydrogen) atoms. The van der Waals surface area contributed by atoms with Gasteiger partial charge in [0.25, 0.3) is 11.6 Å². The molecule has 2 rings (SSSR count). The molecular weight excluding hydrogens is 296 g/mol. The minimum atomic E-state index is -0.452. The maximum Gasteiger partial charge on any atom is 0.272 e. The second-order valence-corrected chi connectivity index (χ2v) is 5.70. The Kier molecular flexibility index (Phi) is 5.10. The Bertz CT molecular complexity index is 724. The minimum absolute atomic E-state index is 0.0190. The van der Waals surface area contributed by atoms with Crippen molar-refractivity contribution < 1.29 is 9.72 Å². The van der Waals surface area contributed by atoms with E-state index in [1.165, 1.54) is 18.2 Å². The van der Waals surface area contributed by atoms with Gasteiger partial charge in [-0.15, -0.1) is 0 Å². The van der Waals surface area contributed by atoms with Gasteiger partial charge in [0.15, 0.2) is 0 Å². The lowest BCUT2D eigenvalue weighted by molar-refractivity contribution is -0.385. The van der Waals surface area contributed by atoms with Crippen LogP contribution in [0, 0.1) is 29.9 Å². The first-order chi connectivity index (χ1) is 10.9. The second-order valence-electron chi connectivity index (χ2n) is 5.70. The van der Waals surface area contributed by atoms with Crippen molar-refractivity contribution in [1.82, 2.24) is 14.9 Å². The van der Waals surface area contributed by atoms with Crippen molar-refractivity contribution in [1.29, 1.82) is 0 Å². The highest BCUT2D eigenvalue weighted by atomic mass is 16.6. The van der Waals surface area contributed by atoms with Crippen molar-refractivity contribution in [3.8, 4) is 0 Å². The van der Waals surface area contributed by atoms with Crippen LogP contribution in [0.25, 0.3) is 0 Å². The molecule has 1 aromatic heterocycles. The number of nitro groups is 1. The van der Waals surface area contributed by atoms with Gasteiger partial charge >= 0.3 is 0 Å². The average Bonchev–Trinajstić information content (AvgIpc) is 2.89. The van der Waals surface area contributed by atoms with Crippen LogP contribution in [0.1, 0.15) is 28.7 Å². The van der Waals surface area contributed by atoms with Gasteiger partial charge in [0, 0.05) is 42.7 Å². The summed E-state index contributed by atoms with van der Waals surface area (Å²) in [5.74, 6) is 0.956. The molecule has 2 aromatic rings. The summed E-state index contributed by atoms with van der Waals surface area (Å²) in [6.45, 7) is 6.89. The number of carbonyl (C=O) groups excluding carboxylic acids is 1. The number of amides is 1. The predicted molar refractivity (Wildman–Crippen MR) is 86.3 cm³/mol. The number of aryl methyl sites for hydroxylation is 2. The number of imidazole rings is 1. The van der Waals surface area contributed by atoms with Crippen LogP contribution in [-0.4, -0.2) is 26.9 Å². The first-order valence-corrected chi connectivity index (χ1v) is 7.39. The van der Waals surface area contributed by atoms with Gasteiger partial charge in [0.05, 0.1) is 4.92 Å². The van der Waals surface area contributed by atoms with E-state index in [-0.39, 0.29) is 17.5 Å². The highest BCUT2D eigenvalue weighted by molar-refractivity contribution is 5.94. The number of nitrogens with zero attached hydrogens (tertiary/aromatic N) is 3. The van der Waals surface area contributed by atoms with Crippen LogP contribution in [-0.2, 0) is 6.54 Å². The summed E-state index contributed by atoms with van der Waals surface area (Å²) in [4.78, 5) is 26.7. The molecule has 0 fully saturated rings. The van der Waals surface area contributed by atoms with Crippen LogP contribution < -0.4 is 5.32 Å². The topological polar surface area (TPSA) is 90.1 Å². The Morgan fingerprint density at radius 2 is 2.17 bits per heavy atom. The first kappa shape index (κ1) is 16.7. The third-order valence-electron chi connectivity index (χ3n) is 3.70. The van der Waals surface area contributed by atoms with Crippen LogP contribution in [0.15, 0.2) is 30.6 Å². The zero-order chi connectivity index (χ0) is 17.0. The van der Waals surface area contributed by atoms with Gasteiger partial charge in [-0.3, -0.25) is 14.9 Å². The molecule has 0 saturated carbocycles. The number of rotatable bonds is 6. The van der Waals surface area contributed by atoms with E-state index in [0.717, 1.165) is 12.4 Å². The molecule has 7 nitrogen and oxygen atoms in total. The molecule has 0 bridgehead atoms. The summed E-state index contributed by atoms with van der Waals surface area (Å²) in [5.41, 5.74) is 0.925. The number of carbonyl (C=O) groups is 1. The SMILES string of the molecule is Cc1cc(C(=O)NC[C@H](C)Cn2ccnc2C)ccc1[N+](=O)[O-]. The zero-order valence-corrected chi connectivity index (χ0v) is 13.4. The summed E-state index contributed by atoms with van der Waals surface area (Å²) in [7, 11) is 0. The van der Waals surface area contributed by atoms with Crippen LogP contribution in [0.3, 0.4) is 0 Å². The summed E-state index contributed by atoms with van der Waals surface area (Å²) < 4.78 is 2.03. The Labute approximate surface area is 134 Å². The lowest BCUT2D eigenvalue weighted by atomic mass is 10.1. The standard InChI is InChI=1S/C16H20N4O3/c1-11(10-19-7-6-17-13(19)3)9-18-16(21)14-4-5-15(20(22)23)12(2)8-14/h4-8,11H,9-10H2,1-3H3,(H,18,21)/t11-/m0/s1. The van der Waals surface area contributed by atoms with Crippen LogP contribution >= 0.6 is 0 Å². The molecule has 7 heteroatoms. The number of aromatic nitrogens is 2. The van der Waals surface area contributed by atoms with E-state index in [1.54, 1.807) is 13.1 Å². The molecule has 0 saturated heterocycles. The van der Waals surface area contributed by atoms with Crippen LogP contribution in [0.5, 0.6) is 0 Å². The quantitative estimate of drug-likeness (QED) is 0.655. The lowest BCUT2D eigenvalue weighted by Crippen LogP contribution is -2.30. The van der Waals surface area contributed by atoms with Gasteiger partial charge in [-0.25, -0.2) is 4.98 Å². The Morgan fingerprint density at radius 1 is 1.43 bits per heavy atom. The van der Waals surface area contributed by atoms with Gasteiger partial charge in [0.1, 0.15) is 5.82 Å². The lowest BCUT2D eigenvalue weighted by Gasteiger charge is -2.14. The number of hydrogen-bond acceptors (Lipinski definition) is 4. The first-order valence-electron chi connectivity index (χ1n) is 7.39. The molecule has 122 valence electrons. The molecule has 0 aliphatic carbocycles. The molecule has 0 unspecified atom stereocenters. The van der Waals surface area contributed by atoms with E-state index in [1.807, 2.05) is 24.6 Å². The molecule has 1 atom stereocenters. The second kappa shape index (κ2) is 7.04. The third-order valence-corrected chi connectivity index (χ3v) is 3.70. The Balaban J connectivity index is 1.93. The number of benzene rings is 1. The Hall–Kier alpha value is -2.70. The highest BCUT2D eigenvalue weighted by Gasteiger charge is 2.14. The van der Waals surface area contributed by atoms with Gasteiger partial charge in [-0.1, -0.05) is 6.92 Å². The molecule has 0 spiro atoms. The number of nitrogens with one attached hydrogen (secondary N) is 1. The van der Waals surface area contributed by atoms with Crippen molar-refractivity contribution in [2.75, 3.05) is 6.54 Å². The van der Waals surface area contributed by atoms with Gasteiger partial charge < -0.3 is 9.88 Å². The summed E-state index contributed by atoms with van der Waals surface area (Å²) in [6.07, 6.45) is 3.66. The molecular formula is C16H20N4O3. The summed E-state index contributed by atoms with van der Waals surface area (Å²) in [5, 5.41) is 13.7. The Morgan fingerprint density at radius 3 is 2.74 bits per heavy atom. The zero-order valence-electron chi connectivity index (χ0n) is 13.4. The van der Waals surface area contributed by atoms with Gasteiger partial charge in [-0.2, -0.15) is 0 Å². The smallest absolute Gasteiger partial charge is 0.272 e. The molecule has 0 radical (unpaired) electrons. The largest absolute Gasteiger partial charge is 0.352 e. The third kappa shape index (κ3) is 4.15. The molecule has 1 heterocycles. The van der Waals surface area contributed by atoms with Crippen LogP contribution in [0.4, 0.5) is 5.69 Å². The predicted octanol–water partition coefficient (Wildman–Crippen LogP) is 2.47. The fourth-order valence-corrected chi connectivity index (χ4v) is 2.37. The molecule has 0 aliphatic rings. The molecule has 1 amide bonds. The van der Waals surface area contributed by atoms with Crippen molar-refractivity contribution >= 4 is 11.6 Å². The monoisotopic (exact) mass is 316 g/mol. The minimum Gasteiger partial charge on any atom is -0.352 e. The van der Waals surface area contributed by atoms with E-state index in [0.29, 0.717) is 17.7 Å². The van der Waals surface area contributed by atoms with E-state index in [2.05, 4.69) is 10.3 Å². The number of hydrogen-bond donors (Lipinski definition) is 1. The maximum absolute atomic E-state index is 12.2. The molecule has 1 aromatic carbocycles. The van der Waals surface area contributed by atoms with Crippen molar-refractivity contribution in [2.24, 2.45) is 5.92 Å². The van der Waals surface area contributed by atoms with Crippen LogP contribution in [0.2, 0.25) is 0 Å². The summed E-state index contributed by atoms with van der Waals surface area (Å²) >= 11 is 0. The summed E-state index contributed by atoms with van der Waals surface area (Å²) in [6, 6.07) is 4.38. The van der Waals surface area contributed by atoms with Crippen molar-refractivity contribution in [3.63, 3.8) is 0 Å². The van der Waals surface area contributed by atoms with E-state index in [9.17, 15) is 14.9 Å². The fraction of sp³-hybridized carbons (Fsp3) is 0.375. The van der Waals surface area contributed by atoms with Gasteiger partial charge in [0.2, 0.25) is 0 Å². The van der Waals surface area contributed by atoms with E-state index in [4.69, 9.17) is 0 Å². The number of nitro benzene ring substituents is 1. The van der Waals surface area contributed by atoms with Crippen molar-refractivity contribution in [3.05, 3.63) is 57.7 Å². The fourth-order valence-electron chi connectivity index (χ4n) is 2.37. The van der Waals surface area contributed by atoms with E-state index < -0.39 is 4.92 Å². The molecule has 0 aliphatic heterocycles. The van der Waals surface area contributed by atoms with Gasteiger partial charge in [-0.05, 0) is 31.9 Å². The highest BCUT2D eigenvalue weighted by Crippen LogP contribution is 2.18. The average molecular weight is 316 g/mol. The molecule has 1 N–H and O–H groups in total.